The number of hydrogen-bond donors (Lipinski definition) is 3. The number of hydrogen-bond acceptors (Lipinski definition) is 6. The van der Waals surface area contributed by atoms with Gasteiger partial charge in [-0.15, -0.1) is 5.10 Å². The summed E-state index contributed by atoms with van der Waals surface area (Å²) in [4.78, 5) is 29.0. The van der Waals surface area contributed by atoms with Crippen molar-refractivity contribution in [3.8, 4) is 11.3 Å². The molecule has 2 aromatic carbocycles. The van der Waals surface area contributed by atoms with Crippen LogP contribution < -0.4 is 16.6 Å². The van der Waals surface area contributed by atoms with E-state index in [9.17, 15) is 9.59 Å². The molecule has 9 nitrogen and oxygen atoms in total. The average molecular weight is 375 g/mol. The van der Waals surface area contributed by atoms with Crippen molar-refractivity contribution in [1.29, 1.82) is 0 Å². The van der Waals surface area contributed by atoms with Gasteiger partial charge in [-0.05, 0) is 6.07 Å². The van der Waals surface area contributed by atoms with Crippen LogP contribution in [0.4, 0.5) is 5.95 Å². The van der Waals surface area contributed by atoms with Gasteiger partial charge in [0.15, 0.2) is 0 Å². The molecule has 0 saturated carbocycles. The zero-order chi connectivity index (χ0) is 19.5. The molecule has 2 heterocycles. The number of carbonyl (C=O) groups is 1. The van der Waals surface area contributed by atoms with Crippen LogP contribution in [0.25, 0.3) is 22.0 Å². The number of rotatable bonds is 5. The normalized spacial score (nSPS) is 10.9. The van der Waals surface area contributed by atoms with E-state index < -0.39 is 0 Å². The highest BCUT2D eigenvalue weighted by atomic mass is 16.2. The molecule has 0 aliphatic carbocycles. The molecule has 1 amide bonds. The van der Waals surface area contributed by atoms with Gasteiger partial charge in [0, 0.05) is 10.9 Å². The van der Waals surface area contributed by atoms with Gasteiger partial charge in [-0.3, -0.25) is 14.7 Å². The Kier molecular flexibility index (Phi) is 4.55. The van der Waals surface area contributed by atoms with Gasteiger partial charge in [0.2, 0.25) is 11.9 Å². The van der Waals surface area contributed by atoms with Crippen LogP contribution in [0.15, 0.2) is 59.4 Å². The van der Waals surface area contributed by atoms with Gasteiger partial charge >= 0.3 is 0 Å². The van der Waals surface area contributed by atoms with Crippen LogP contribution in [0.2, 0.25) is 0 Å². The van der Waals surface area contributed by atoms with Crippen molar-refractivity contribution in [2.75, 3.05) is 5.73 Å². The molecule has 4 rings (SSSR count). The number of aromatic amines is 1. The Bertz CT molecular complexity index is 1200. The first-order chi connectivity index (χ1) is 13.6. The molecule has 0 aliphatic heterocycles. The highest BCUT2D eigenvalue weighted by Gasteiger charge is 2.14. The molecule has 4 aromatic rings. The summed E-state index contributed by atoms with van der Waals surface area (Å²) >= 11 is 0. The fraction of sp³-hybridized carbons (Fsp3) is 0.105. The summed E-state index contributed by atoms with van der Waals surface area (Å²) in [6, 6.07) is 16.8. The number of anilines is 1. The molecular weight excluding hydrogens is 358 g/mol. The SMILES string of the molecule is Nc1n[nH]c(CNC(=O)Cn2nc(-c3ccccc3)c3ccccc3c2=O)n1. The van der Waals surface area contributed by atoms with Gasteiger partial charge in [0.1, 0.15) is 12.4 Å². The molecule has 0 fully saturated rings. The van der Waals surface area contributed by atoms with Crippen molar-refractivity contribution in [2.24, 2.45) is 0 Å². The quantitative estimate of drug-likeness (QED) is 0.478. The van der Waals surface area contributed by atoms with Gasteiger partial charge in [-0.1, -0.05) is 48.5 Å². The van der Waals surface area contributed by atoms with E-state index in [1.165, 1.54) is 4.68 Å². The second kappa shape index (κ2) is 7.31. The lowest BCUT2D eigenvalue weighted by molar-refractivity contribution is -0.122. The molecule has 0 spiro atoms. The molecule has 4 N–H and O–H groups in total. The van der Waals surface area contributed by atoms with Crippen LogP contribution in [-0.2, 0) is 17.9 Å². The minimum Gasteiger partial charge on any atom is -0.367 e. The number of nitrogens with two attached hydrogens (primary N) is 1. The van der Waals surface area contributed by atoms with Crippen molar-refractivity contribution in [2.45, 2.75) is 13.1 Å². The highest BCUT2D eigenvalue weighted by molar-refractivity contribution is 5.93. The maximum absolute atomic E-state index is 12.8. The summed E-state index contributed by atoms with van der Waals surface area (Å²) in [6.07, 6.45) is 0. The van der Waals surface area contributed by atoms with Gasteiger partial charge < -0.3 is 11.1 Å². The first-order valence-corrected chi connectivity index (χ1v) is 8.60. The second-order valence-corrected chi connectivity index (χ2v) is 6.14. The molecule has 140 valence electrons. The van der Waals surface area contributed by atoms with E-state index in [0.29, 0.717) is 16.9 Å². The standard InChI is InChI=1S/C19H17N7O2/c20-19-22-15(23-24-19)10-21-16(27)11-26-18(28)14-9-5-4-8-13(14)17(25-26)12-6-2-1-3-7-12/h1-9H,10-11H2,(H,21,27)(H3,20,22,23,24). The van der Waals surface area contributed by atoms with Crippen molar-refractivity contribution >= 4 is 22.6 Å². The Balaban J connectivity index is 1.66. The van der Waals surface area contributed by atoms with Crippen LogP contribution in [0, 0.1) is 0 Å². The third-order valence-corrected chi connectivity index (χ3v) is 4.21. The van der Waals surface area contributed by atoms with Crippen molar-refractivity contribution < 1.29 is 4.79 Å². The fourth-order valence-corrected chi connectivity index (χ4v) is 2.91. The van der Waals surface area contributed by atoms with Crippen molar-refractivity contribution in [3.63, 3.8) is 0 Å². The predicted molar refractivity (Wildman–Crippen MR) is 104 cm³/mol. The first kappa shape index (κ1) is 17.4. The summed E-state index contributed by atoms with van der Waals surface area (Å²) in [5.41, 5.74) is 6.62. The van der Waals surface area contributed by atoms with Gasteiger partial charge in [-0.25, -0.2) is 4.68 Å². The van der Waals surface area contributed by atoms with E-state index in [1.807, 2.05) is 42.5 Å². The first-order valence-electron chi connectivity index (χ1n) is 8.60. The second-order valence-electron chi connectivity index (χ2n) is 6.14. The summed E-state index contributed by atoms with van der Waals surface area (Å²) in [5, 5.41) is 14.7. The van der Waals surface area contributed by atoms with Crippen molar-refractivity contribution in [3.05, 3.63) is 70.8 Å². The predicted octanol–water partition coefficient (Wildman–Crippen LogP) is 1.08. The number of nitrogens with one attached hydrogen (secondary N) is 2. The zero-order valence-electron chi connectivity index (χ0n) is 14.8. The van der Waals surface area contributed by atoms with Crippen LogP contribution in [0.3, 0.4) is 0 Å². The highest BCUT2D eigenvalue weighted by Crippen LogP contribution is 2.24. The number of benzene rings is 2. The third kappa shape index (κ3) is 3.45. The number of nitrogen functional groups attached to an aromatic ring is 1. The molecule has 0 atom stereocenters. The molecule has 0 unspecified atom stereocenters. The van der Waals surface area contributed by atoms with Crippen LogP contribution in [0.1, 0.15) is 5.82 Å². The summed E-state index contributed by atoms with van der Waals surface area (Å²) in [6.45, 7) is -0.0932. The number of aromatic nitrogens is 5. The molecule has 0 aliphatic rings. The number of carbonyl (C=O) groups excluding carboxylic acids is 1. The molecule has 0 bridgehead atoms. The molecule has 9 heteroatoms. The Morgan fingerprint density at radius 3 is 2.50 bits per heavy atom. The van der Waals surface area contributed by atoms with E-state index >= 15 is 0 Å². The number of amides is 1. The summed E-state index contributed by atoms with van der Waals surface area (Å²) in [7, 11) is 0. The van der Waals surface area contributed by atoms with E-state index in [-0.39, 0.29) is 30.5 Å². The molecule has 0 radical (unpaired) electrons. The monoisotopic (exact) mass is 375 g/mol. The molecule has 0 saturated heterocycles. The lowest BCUT2D eigenvalue weighted by atomic mass is 10.1. The van der Waals surface area contributed by atoms with E-state index in [1.54, 1.807) is 12.1 Å². The number of H-pyrrole nitrogens is 1. The molecular formula is C19H17N7O2. The maximum Gasteiger partial charge on any atom is 0.275 e. The number of fused-ring (bicyclic) bond motifs is 1. The largest absolute Gasteiger partial charge is 0.367 e. The lowest BCUT2D eigenvalue weighted by Crippen LogP contribution is -2.34. The lowest BCUT2D eigenvalue weighted by Gasteiger charge is -2.11. The molecule has 28 heavy (non-hydrogen) atoms. The summed E-state index contributed by atoms with van der Waals surface area (Å²) < 4.78 is 1.18. The number of nitrogens with zero attached hydrogens (tertiary/aromatic N) is 4. The third-order valence-electron chi connectivity index (χ3n) is 4.21. The average Bonchev–Trinajstić information content (AvgIpc) is 3.14. The minimum atomic E-state index is -0.376. The van der Waals surface area contributed by atoms with Crippen LogP contribution in [0.5, 0.6) is 0 Å². The summed E-state index contributed by atoms with van der Waals surface area (Å²) in [5.74, 6) is 0.151. The van der Waals surface area contributed by atoms with E-state index in [2.05, 4.69) is 25.6 Å². The smallest absolute Gasteiger partial charge is 0.275 e. The fourth-order valence-electron chi connectivity index (χ4n) is 2.91. The van der Waals surface area contributed by atoms with Gasteiger partial charge in [-0.2, -0.15) is 10.1 Å². The minimum absolute atomic E-state index is 0.101. The Morgan fingerprint density at radius 2 is 1.79 bits per heavy atom. The van der Waals surface area contributed by atoms with Crippen LogP contribution in [-0.4, -0.2) is 30.9 Å². The Morgan fingerprint density at radius 1 is 1.07 bits per heavy atom. The van der Waals surface area contributed by atoms with Gasteiger partial charge in [0.25, 0.3) is 5.56 Å². The maximum atomic E-state index is 12.8. The van der Waals surface area contributed by atoms with E-state index in [0.717, 1.165) is 10.9 Å². The molecule has 2 aromatic heterocycles. The van der Waals surface area contributed by atoms with E-state index in [4.69, 9.17) is 5.73 Å². The van der Waals surface area contributed by atoms with Crippen molar-refractivity contribution in [1.82, 2.24) is 30.3 Å². The Hall–Kier alpha value is -4.01. The topological polar surface area (TPSA) is 132 Å². The van der Waals surface area contributed by atoms with Crippen LogP contribution >= 0.6 is 0 Å². The Labute approximate surface area is 159 Å². The van der Waals surface area contributed by atoms with Gasteiger partial charge in [0.05, 0.1) is 17.6 Å². The zero-order valence-corrected chi connectivity index (χ0v) is 14.8.